The summed E-state index contributed by atoms with van der Waals surface area (Å²) >= 11 is 1.36. The predicted molar refractivity (Wildman–Crippen MR) is 76.6 cm³/mol. The van der Waals surface area contributed by atoms with Gasteiger partial charge < -0.3 is 16.2 Å². The number of Topliss-reactive ketones (excluding diaryl/α,β-unsaturated/α-hetero) is 1. The van der Waals surface area contributed by atoms with Gasteiger partial charge in [0.1, 0.15) is 5.82 Å². The van der Waals surface area contributed by atoms with Crippen LogP contribution in [0.4, 0.5) is 10.9 Å². The molecular weight excluding hydrogens is 262 g/mol. The van der Waals surface area contributed by atoms with Gasteiger partial charge in [0, 0.05) is 18.6 Å². The number of nitrogen functional groups attached to an aromatic ring is 1. The van der Waals surface area contributed by atoms with Crippen molar-refractivity contribution in [2.75, 3.05) is 24.2 Å². The molecule has 5 nitrogen and oxygen atoms in total. The first-order valence-electron chi connectivity index (χ1n) is 5.89. The molecule has 4 N–H and O–H groups in total. The zero-order valence-corrected chi connectivity index (χ0v) is 11.1. The zero-order chi connectivity index (χ0) is 13.7. The Kier molecular flexibility index (Phi) is 4.48. The molecule has 0 unspecified atom stereocenters. The molecule has 0 aliphatic heterocycles. The molecule has 100 valence electrons. The number of anilines is 2. The van der Waals surface area contributed by atoms with Crippen LogP contribution in [0.15, 0.2) is 30.3 Å². The van der Waals surface area contributed by atoms with Gasteiger partial charge in [-0.1, -0.05) is 41.7 Å². The maximum absolute atomic E-state index is 11.9. The Bertz CT molecular complexity index is 554. The quantitative estimate of drug-likeness (QED) is 0.697. The van der Waals surface area contributed by atoms with Crippen molar-refractivity contribution >= 4 is 28.1 Å². The van der Waals surface area contributed by atoms with Crippen molar-refractivity contribution in [1.82, 2.24) is 4.98 Å². The maximum atomic E-state index is 11.9. The Morgan fingerprint density at radius 3 is 2.79 bits per heavy atom. The van der Waals surface area contributed by atoms with Gasteiger partial charge in [-0.15, -0.1) is 0 Å². The van der Waals surface area contributed by atoms with E-state index in [2.05, 4.69) is 10.3 Å². The lowest BCUT2D eigenvalue weighted by molar-refractivity contribution is 0.101. The smallest absolute Gasteiger partial charge is 0.185 e. The minimum atomic E-state index is -0.00178. The van der Waals surface area contributed by atoms with Crippen molar-refractivity contribution in [3.8, 4) is 0 Å². The summed E-state index contributed by atoms with van der Waals surface area (Å²) in [4.78, 5) is 16.8. The lowest BCUT2D eigenvalue weighted by atomic mass is 10.1. The van der Waals surface area contributed by atoms with E-state index in [1.807, 2.05) is 18.2 Å². The number of carbonyl (C=O) groups is 1. The van der Waals surface area contributed by atoms with Gasteiger partial charge in [0.15, 0.2) is 10.9 Å². The number of hydrogen-bond donors (Lipinski definition) is 3. The minimum Gasteiger partial charge on any atom is -0.396 e. The van der Waals surface area contributed by atoms with E-state index in [1.54, 1.807) is 12.1 Å². The molecule has 0 saturated carbocycles. The SMILES string of the molecule is Nc1nc(NCC(=O)c2ccccc2)sc1CCO. The van der Waals surface area contributed by atoms with E-state index >= 15 is 0 Å². The second-order valence-corrected chi connectivity index (χ2v) is 5.03. The number of thiazole rings is 1. The number of aliphatic hydroxyl groups is 1. The second kappa shape index (κ2) is 6.31. The number of carbonyl (C=O) groups excluding carboxylic acids is 1. The van der Waals surface area contributed by atoms with E-state index < -0.39 is 0 Å². The molecular formula is C13H15N3O2S. The van der Waals surface area contributed by atoms with Gasteiger partial charge >= 0.3 is 0 Å². The van der Waals surface area contributed by atoms with Crippen molar-refractivity contribution < 1.29 is 9.90 Å². The van der Waals surface area contributed by atoms with Crippen LogP contribution in [-0.4, -0.2) is 29.0 Å². The highest BCUT2D eigenvalue weighted by atomic mass is 32.1. The van der Waals surface area contributed by atoms with Crippen molar-refractivity contribution in [3.63, 3.8) is 0 Å². The first-order chi connectivity index (χ1) is 9.20. The molecule has 0 atom stereocenters. The average molecular weight is 277 g/mol. The van der Waals surface area contributed by atoms with E-state index in [0.29, 0.717) is 22.9 Å². The van der Waals surface area contributed by atoms with E-state index in [4.69, 9.17) is 10.8 Å². The van der Waals surface area contributed by atoms with Gasteiger partial charge in [-0.2, -0.15) is 0 Å². The number of nitrogens with one attached hydrogen (secondary N) is 1. The summed E-state index contributed by atoms with van der Waals surface area (Å²) < 4.78 is 0. The molecule has 0 aliphatic rings. The van der Waals surface area contributed by atoms with E-state index in [-0.39, 0.29) is 18.9 Å². The molecule has 1 heterocycles. The Morgan fingerprint density at radius 1 is 1.37 bits per heavy atom. The lowest BCUT2D eigenvalue weighted by Crippen LogP contribution is -2.13. The lowest BCUT2D eigenvalue weighted by Gasteiger charge is -2.01. The van der Waals surface area contributed by atoms with Gasteiger partial charge in [0.25, 0.3) is 0 Å². The molecule has 0 spiro atoms. The number of ketones is 1. The third-order valence-corrected chi connectivity index (χ3v) is 3.65. The molecule has 0 radical (unpaired) electrons. The van der Waals surface area contributed by atoms with Crippen LogP contribution in [-0.2, 0) is 6.42 Å². The molecule has 1 aromatic heterocycles. The molecule has 19 heavy (non-hydrogen) atoms. The number of aliphatic hydroxyl groups excluding tert-OH is 1. The Labute approximate surface area is 115 Å². The third kappa shape index (κ3) is 3.52. The monoisotopic (exact) mass is 277 g/mol. The van der Waals surface area contributed by atoms with E-state index in [9.17, 15) is 4.79 Å². The molecule has 0 bridgehead atoms. The van der Waals surface area contributed by atoms with Gasteiger partial charge in [-0.05, 0) is 0 Å². The number of benzene rings is 1. The predicted octanol–water partition coefficient (Wildman–Crippen LogP) is 1.55. The average Bonchev–Trinajstić information content (AvgIpc) is 2.78. The molecule has 0 amide bonds. The van der Waals surface area contributed by atoms with Gasteiger partial charge in [-0.25, -0.2) is 4.98 Å². The fourth-order valence-electron chi connectivity index (χ4n) is 1.60. The summed E-state index contributed by atoms with van der Waals surface area (Å²) in [6.07, 6.45) is 0.484. The molecule has 0 aliphatic carbocycles. The topological polar surface area (TPSA) is 88.2 Å². The van der Waals surface area contributed by atoms with Gasteiger partial charge in [0.05, 0.1) is 11.4 Å². The fraction of sp³-hybridized carbons (Fsp3) is 0.231. The summed E-state index contributed by atoms with van der Waals surface area (Å²) in [5.41, 5.74) is 6.37. The highest BCUT2D eigenvalue weighted by Gasteiger charge is 2.10. The van der Waals surface area contributed by atoms with E-state index in [1.165, 1.54) is 11.3 Å². The molecule has 2 aromatic rings. The normalized spacial score (nSPS) is 10.4. The van der Waals surface area contributed by atoms with Crippen LogP contribution in [0, 0.1) is 0 Å². The first kappa shape index (κ1) is 13.5. The van der Waals surface area contributed by atoms with Crippen LogP contribution in [0.2, 0.25) is 0 Å². The van der Waals surface area contributed by atoms with Crippen LogP contribution in [0.3, 0.4) is 0 Å². The number of rotatable bonds is 6. The van der Waals surface area contributed by atoms with Crippen molar-refractivity contribution in [3.05, 3.63) is 40.8 Å². The number of aromatic nitrogens is 1. The molecule has 6 heteroatoms. The van der Waals surface area contributed by atoms with Crippen LogP contribution < -0.4 is 11.1 Å². The first-order valence-corrected chi connectivity index (χ1v) is 6.70. The highest BCUT2D eigenvalue weighted by Crippen LogP contribution is 2.25. The number of hydrogen-bond acceptors (Lipinski definition) is 6. The van der Waals surface area contributed by atoms with Crippen LogP contribution in [0.25, 0.3) is 0 Å². The Balaban J connectivity index is 1.95. The summed E-state index contributed by atoms with van der Waals surface area (Å²) in [6.45, 7) is 0.213. The van der Waals surface area contributed by atoms with Crippen molar-refractivity contribution in [2.45, 2.75) is 6.42 Å². The minimum absolute atomic E-state index is 0.00178. The van der Waals surface area contributed by atoms with Crippen LogP contribution in [0.1, 0.15) is 15.2 Å². The zero-order valence-electron chi connectivity index (χ0n) is 10.3. The summed E-state index contributed by atoms with van der Waals surface area (Å²) in [5, 5.41) is 12.4. The largest absolute Gasteiger partial charge is 0.396 e. The number of nitrogens with two attached hydrogens (primary N) is 1. The van der Waals surface area contributed by atoms with Gasteiger partial charge in [0.2, 0.25) is 0 Å². The Hall–Kier alpha value is -1.92. The third-order valence-electron chi connectivity index (χ3n) is 2.56. The molecule has 1 aromatic carbocycles. The second-order valence-electron chi connectivity index (χ2n) is 3.94. The summed E-state index contributed by atoms with van der Waals surface area (Å²) in [7, 11) is 0. The molecule has 0 fully saturated rings. The van der Waals surface area contributed by atoms with Crippen molar-refractivity contribution in [2.24, 2.45) is 0 Å². The Morgan fingerprint density at radius 2 is 2.11 bits per heavy atom. The summed E-state index contributed by atoms with van der Waals surface area (Å²) in [5.74, 6) is 0.409. The molecule has 2 rings (SSSR count). The van der Waals surface area contributed by atoms with Gasteiger partial charge in [-0.3, -0.25) is 4.79 Å². The van der Waals surface area contributed by atoms with E-state index in [0.717, 1.165) is 4.88 Å². The standard InChI is InChI=1S/C13H15N3O2S/c14-12-11(6-7-17)19-13(16-12)15-8-10(18)9-4-2-1-3-5-9/h1-5,17H,6-8,14H2,(H,15,16). The number of nitrogens with zero attached hydrogens (tertiary/aromatic N) is 1. The summed E-state index contributed by atoms with van der Waals surface area (Å²) in [6, 6.07) is 9.07. The highest BCUT2D eigenvalue weighted by molar-refractivity contribution is 7.16. The molecule has 0 saturated heterocycles. The maximum Gasteiger partial charge on any atom is 0.185 e. The fourth-order valence-corrected chi connectivity index (χ4v) is 2.47. The van der Waals surface area contributed by atoms with Crippen LogP contribution >= 0.6 is 11.3 Å². The van der Waals surface area contributed by atoms with Crippen LogP contribution in [0.5, 0.6) is 0 Å². The van der Waals surface area contributed by atoms with Crippen molar-refractivity contribution in [1.29, 1.82) is 0 Å².